The summed E-state index contributed by atoms with van der Waals surface area (Å²) in [6, 6.07) is 1.59. The van der Waals surface area contributed by atoms with Crippen molar-refractivity contribution in [3.63, 3.8) is 0 Å². The summed E-state index contributed by atoms with van der Waals surface area (Å²) in [4.78, 5) is 10.6. The van der Waals surface area contributed by atoms with E-state index in [1.54, 1.807) is 6.07 Å². The second-order valence-corrected chi connectivity index (χ2v) is 2.16. The monoisotopic (exact) mass is 167 g/mol. The van der Waals surface area contributed by atoms with Crippen LogP contribution in [-0.2, 0) is 4.79 Å². The molecule has 0 unspecified atom stereocenters. The molecule has 0 aliphatic heterocycles. The summed E-state index contributed by atoms with van der Waals surface area (Å²) < 4.78 is 4.88. The van der Waals surface area contributed by atoms with Gasteiger partial charge < -0.3 is 10.1 Å². The largest absolute Gasteiger partial charge is 0.495 e. The normalized spacial score (nSPS) is 9.17. The third kappa shape index (κ3) is 2.19. The number of hydrogen-bond donors (Lipinski definition) is 1. The summed E-state index contributed by atoms with van der Waals surface area (Å²) in [6.45, 7) is 1.40. The van der Waals surface area contributed by atoms with Gasteiger partial charge in [-0.15, -0.1) is 5.10 Å². The van der Waals surface area contributed by atoms with Crippen molar-refractivity contribution in [2.24, 2.45) is 0 Å². The van der Waals surface area contributed by atoms with Crippen LogP contribution in [-0.4, -0.2) is 23.2 Å². The van der Waals surface area contributed by atoms with E-state index in [4.69, 9.17) is 4.74 Å². The van der Waals surface area contributed by atoms with Crippen LogP contribution in [0.4, 0.5) is 5.82 Å². The Morgan fingerprint density at radius 1 is 1.67 bits per heavy atom. The number of rotatable bonds is 2. The van der Waals surface area contributed by atoms with Crippen LogP contribution in [0.25, 0.3) is 0 Å². The summed E-state index contributed by atoms with van der Waals surface area (Å²) in [7, 11) is 1.52. The maximum atomic E-state index is 10.6. The molecule has 0 aliphatic rings. The highest BCUT2D eigenvalue weighted by Gasteiger charge is 1.98. The number of amides is 1. The number of ether oxygens (including phenoxy) is 1. The Bertz CT molecular complexity index is 288. The van der Waals surface area contributed by atoms with Crippen molar-refractivity contribution in [2.45, 2.75) is 6.92 Å². The predicted molar refractivity (Wildman–Crippen MR) is 42.9 cm³/mol. The van der Waals surface area contributed by atoms with Gasteiger partial charge in [-0.05, 0) is 0 Å². The van der Waals surface area contributed by atoms with Crippen molar-refractivity contribution in [3.8, 4) is 5.75 Å². The number of aromatic nitrogens is 2. The van der Waals surface area contributed by atoms with Gasteiger partial charge in [0.15, 0.2) is 5.82 Å². The van der Waals surface area contributed by atoms with Crippen molar-refractivity contribution in [3.05, 3.63) is 12.3 Å². The topological polar surface area (TPSA) is 64.1 Å². The molecule has 64 valence electrons. The zero-order chi connectivity index (χ0) is 8.97. The molecule has 1 heterocycles. The highest BCUT2D eigenvalue weighted by atomic mass is 16.5. The Balaban J connectivity index is 2.79. The molecule has 5 nitrogen and oxygen atoms in total. The van der Waals surface area contributed by atoms with Gasteiger partial charge in [-0.2, -0.15) is 5.10 Å². The molecule has 0 fully saturated rings. The van der Waals surface area contributed by atoms with Gasteiger partial charge in [0.05, 0.1) is 13.3 Å². The molecule has 0 atom stereocenters. The first-order chi connectivity index (χ1) is 5.72. The lowest BCUT2D eigenvalue weighted by Crippen LogP contribution is -2.07. The highest BCUT2D eigenvalue weighted by molar-refractivity contribution is 5.87. The average molecular weight is 167 g/mol. The fourth-order valence-corrected chi connectivity index (χ4v) is 0.702. The molecule has 1 aromatic heterocycles. The summed E-state index contributed by atoms with van der Waals surface area (Å²) in [5, 5.41) is 9.77. The zero-order valence-electron chi connectivity index (χ0n) is 6.87. The molecule has 1 N–H and O–H groups in total. The molecule has 5 heteroatoms. The van der Waals surface area contributed by atoms with Gasteiger partial charge in [-0.3, -0.25) is 4.79 Å². The van der Waals surface area contributed by atoms with E-state index in [1.807, 2.05) is 0 Å². The number of methoxy groups -OCH3 is 1. The Morgan fingerprint density at radius 2 is 2.42 bits per heavy atom. The molecule has 0 aromatic carbocycles. The molecule has 1 rings (SSSR count). The molecular weight excluding hydrogens is 158 g/mol. The maximum Gasteiger partial charge on any atom is 0.222 e. The van der Waals surface area contributed by atoms with E-state index in [0.717, 1.165) is 0 Å². The SMILES string of the molecule is COc1cnnc(NC(C)=O)c1. The third-order valence-electron chi connectivity index (χ3n) is 1.17. The van der Waals surface area contributed by atoms with Crippen LogP contribution in [0.3, 0.4) is 0 Å². The average Bonchev–Trinajstić information content (AvgIpc) is 2.03. The molecule has 0 saturated heterocycles. The molecule has 0 radical (unpaired) electrons. The van der Waals surface area contributed by atoms with E-state index in [-0.39, 0.29) is 5.91 Å². The first-order valence-corrected chi connectivity index (χ1v) is 3.36. The van der Waals surface area contributed by atoms with Crippen LogP contribution in [0.15, 0.2) is 12.3 Å². The quantitative estimate of drug-likeness (QED) is 0.694. The number of nitrogens with one attached hydrogen (secondary N) is 1. The summed E-state index contributed by atoms with van der Waals surface area (Å²) in [5.74, 6) is 0.771. The van der Waals surface area contributed by atoms with Gasteiger partial charge >= 0.3 is 0 Å². The van der Waals surface area contributed by atoms with Crippen molar-refractivity contribution in [2.75, 3.05) is 12.4 Å². The molecular formula is C7H9N3O2. The lowest BCUT2D eigenvalue weighted by atomic mass is 10.5. The van der Waals surface area contributed by atoms with E-state index >= 15 is 0 Å². The lowest BCUT2D eigenvalue weighted by Gasteiger charge is -2.01. The summed E-state index contributed by atoms with van der Waals surface area (Å²) >= 11 is 0. The highest BCUT2D eigenvalue weighted by Crippen LogP contribution is 2.11. The van der Waals surface area contributed by atoms with E-state index in [2.05, 4.69) is 15.5 Å². The predicted octanol–water partition coefficient (Wildman–Crippen LogP) is 0.444. The fourth-order valence-electron chi connectivity index (χ4n) is 0.702. The first kappa shape index (κ1) is 8.45. The number of carbonyl (C=O) groups is 1. The summed E-state index contributed by atoms with van der Waals surface area (Å²) in [6.07, 6.45) is 1.46. The maximum absolute atomic E-state index is 10.6. The number of hydrogen-bond acceptors (Lipinski definition) is 4. The van der Waals surface area contributed by atoms with Crippen LogP contribution in [0.2, 0.25) is 0 Å². The summed E-state index contributed by atoms with van der Waals surface area (Å²) in [5.41, 5.74) is 0. The van der Waals surface area contributed by atoms with Crippen LogP contribution >= 0.6 is 0 Å². The smallest absolute Gasteiger partial charge is 0.222 e. The Kier molecular flexibility index (Phi) is 2.57. The van der Waals surface area contributed by atoms with Gasteiger partial charge in [0, 0.05) is 13.0 Å². The van der Waals surface area contributed by atoms with Gasteiger partial charge in [-0.25, -0.2) is 0 Å². The number of nitrogens with zero attached hydrogens (tertiary/aromatic N) is 2. The van der Waals surface area contributed by atoms with Crippen molar-refractivity contribution in [1.82, 2.24) is 10.2 Å². The Labute approximate surface area is 69.8 Å². The molecule has 0 spiro atoms. The molecule has 12 heavy (non-hydrogen) atoms. The van der Waals surface area contributed by atoms with Crippen molar-refractivity contribution >= 4 is 11.7 Å². The van der Waals surface area contributed by atoms with Crippen LogP contribution < -0.4 is 10.1 Å². The van der Waals surface area contributed by atoms with E-state index in [9.17, 15) is 4.79 Å². The Morgan fingerprint density at radius 3 is 3.00 bits per heavy atom. The van der Waals surface area contributed by atoms with Gasteiger partial charge in [0.1, 0.15) is 5.75 Å². The third-order valence-corrected chi connectivity index (χ3v) is 1.17. The zero-order valence-corrected chi connectivity index (χ0v) is 6.87. The first-order valence-electron chi connectivity index (χ1n) is 3.36. The van der Waals surface area contributed by atoms with E-state index in [0.29, 0.717) is 11.6 Å². The van der Waals surface area contributed by atoms with Crippen LogP contribution in [0, 0.1) is 0 Å². The van der Waals surface area contributed by atoms with Crippen molar-refractivity contribution in [1.29, 1.82) is 0 Å². The van der Waals surface area contributed by atoms with Crippen LogP contribution in [0.5, 0.6) is 5.75 Å². The minimum Gasteiger partial charge on any atom is -0.495 e. The second-order valence-electron chi connectivity index (χ2n) is 2.16. The van der Waals surface area contributed by atoms with Gasteiger partial charge in [-0.1, -0.05) is 0 Å². The molecule has 1 amide bonds. The number of anilines is 1. The second kappa shape index (κ2) is 3.66. The molecule has 1 aromatic rings. The minimum absolute atomic E-state index is 0.183. The number of carbonyl (C=O) groups excluding carboxylic acids is 1. The van der Waals surface area contributed by atoms with Gasteiger partial charge in [0.2, 0.25) is 5.91 Å². The van der Waals surface area contributed by atoms with E-state index in [1.165, 1.54) is 20.2 Å². The molecule has 0 bridgehead atoms. The lowest BCUT2D eigenvalue weighted by molar-refractivity contribution is -0.114. The van der Waals surface area contributed by atoms with Crippen LogP contribution in [0.1, 0.15) is 6.92 Å². The molecule has 0 saturated carbocycles. The van der Waals surface area contributed by atoms with Gasteiger partial charge in [0.25, 0.3) is 0 Å². The Hall–Kier alpha value is -1.65. The van der Waals surface area contributed by atoms with Crippen molar-refractivity contribution < 1.29 is 9.53 Å². The van der Waals surface area contributed by atoms with E-state index < -0.39 is 0 Å². The molecule has 0 aliphatic carbocycles. The standard InChI is InChI=1S/C7H9N3O2/c1-5(11)9-7-3-6(12-2)4-8-10-7/h3-4H,1-2H3,(H,9,10,11). The minimum atomic E-state index is -0.183. The fraction of sp³-hybridized carbons (Fsp3) is 0.286.